The summed E-state index contributed by atoms with van der Waals surface area (Å²) < 4.78 is 1.87. The van der Waals surface area contributed by atoms with Crippen LogP contribution in [-0.2, 0) is 7.05 Å². The zero-order valence-electron chi connectivity index (χ0n) is 12.2. The van der Waals surface area contributed by atoms with Crippen molar-refractivity contribution in [2.75, 3.05) is 18.4 Å². The molecule has 3 heterocycles. The van der Waals surface area contributed by atoms with E-state index in [0.29, 0.717) is 17.1 Å². The van der Waals surface area contributed by atoms with E-state index >= 15 is 0 Å². The number of nitrogens with two attached hydrogens (primary N) is 1. The molecular weight excluding hydrogens is 270 g/mol. The van der Waals surface area contributed by atoms with Gasteiger partial charge in [-0.05, 0) is 32.7 Å². The van der Waals surface area contributed by atoms with E-state index in [1.54, 1.807) is 0 Å². The minimum atomic E-state index is 0.427. The summed E-state index contributed by atoms with van der Waals surface area (Å²) in [4.78, 5) is 3.04. The second-order valence-electron chi connectivity index (χ2n) is 5.94. The molecule has 0 aromatic carbocycles. The van der Waals surface area contributed by atoms with Gasteiger partial charge in [0.05, 0.1) is 11.3 Å². The maximum atomic E-state index is 5.86. The van der Waals surface area contributed by atoms with Gasteiger partial charge in [0.25, 0.3) is 0 Å². The van der Waals surface area contributed by atoms with Crippen LogP contribution in [0.2, 0.25) is 0 Å². The standard InChI is InChI=1S/C14H23N5S/c1-9-12(13(15)20)14(18(2)17-9)16-10-6-8-19-7-4-3-5-11(10)19/h10-11,16H,3-8H2,1-2H3,(H2,15,20). The summed E-state index contributed by atoms with van der Waals surface area (Å²) in [5.41, 5.74) is 7.67. The number of fused-ring (bicyclic) bond motifs is 1. The van der Waals surface area contributed by atoms with Crippen molar-refractivity contribution in [3.05, 3.63) is 11.3 Å². The highest BCUT2D eigenvalue weighted by atomic mass is 32.1. The molecule has 1 aromatic rings. The molecule has 2 aliphatic rings. The number of aromatic nitrogens is 2. The van der Waals surface area contributed by atoms with Crippen molar-refractivity contribution in [2.45, 2.75) is 44.7 Å². The number of nitrogens with zero attached hydrogens (tertiary/aromatic N) is 3. The molecule has 110 valence electrons. The predicted molar refractivity (Wildman–Crippen MR) is 85.1 cm³/mol. The summed E-state index contributed by atoms with van der Waals surface area (Å²) in [6, 6.07) is 1.14. The minimum Gasteiger partial charge on any atom is -0.389 e. The molecule has 1 aromatic heterocycles. The molecule has 20 heavy (non-hydrogen) atoms. The van der Waals surface area contributed by atoms with Crippen molar-refractivity contribution >= 4 is 23.0 Å². The lowest BCUT2D eigenvalue weighted by atomic mass is 9.99. The average molecular weight is 293 g/mol. The maximum absolute atomic E-state index is 5.86. The fraction of sp³-hybridized carbons (Fsp3) is 0.714. The first kappa shape index (κ1) is 13.8. The third kappa shape index (κ3) is 2.31. The van der Waals surface area contributed by atoms with Crippen molar-refractivity contribution < 1.29 is 0 Å². The van der Waals surface area contributed by atoms with E-state index in [0.717, 1.165) is 17.1 Å². The van der Waals surface area contributed by atoms with Gasteiger partial charge in [-0.2, -0.15) is 5.10 Å². The van der Waals surface area contributed by atoms with Crippen LogP contribution in [0.15, 0.2) is 0 Å². The molecule has 2 aliphatic heterocycles. The second kappa shape index (κ2) is 5.33. The Bertz CT molecular complexity index is 524. The SMILES string of the molecule is Cc1nn(C)c(NC2CCN3CCCCC23)c1C(N)=S. The number of aryl methyl sites for hydroxylation is 2. The van der Waals surface area contributed by atoms with Crippen LogP contribution in [0, 0.1) is 6.92 Å². The first-order chi connectivity index (χ1) is 9.58. The highest BCUT2D eigenvalue weighted by Gasteiger charge is 2.36. The van der Waals surface area contributed by atoms with E-state index in [2.05, 4.69) is 15.3 Å². The summed E-state index contributed by atoms with van der Waals surface area (Å²) in [6.45, 7) is 4.40. The second-order valence-corrected chi connectivity index (χ2v) is 6.38. The van der Waals surface area contributed by atoms with Crippen LogP contribution in [0.4, 0.5) is 5.82 Å². The van der Waals surface area contributed by atoms with Crippen LogP contribution in [-0.4, -0.2) is 44.8 Å². The molecule has 6 heteroatoms. The van der Waals surface area contributed by atoms with Gasteiger partial charge in [0.1, 0.15) is 10.8 Å². The zero-order valence-corrected chi connectivity index (χ0v) is 13.0. The summed E-state index contributed by atoms with van der Waals surface area (Å²) >= 11 is 5.18. The van der Waals surface area contributed by atoms with Crippen LogP contribution >= 0.6 is 12.2 Å². The molecule has 2 atom stereocenters. The molecular formula is C14H23N5S. The minimum absolute atomic E-state index is 0.427. The summed E-state index contributed by atoms with van der Waals surface area (Å²) in [7, 11) is 1.95. The number of nitrogens with one attached hydrogen (secondary N) is 1. The molecule has 2 unspecified atom stereocenters. The summed E-state index contributed by atoms with van der Waals surface area (Å²) in [5, 5.41) is 8.12. The highest BCUT2D eigenvalue weighted by Crippen LogP contribution is 2.30. The molecule has 0 aliphatic carbocycles. The Kier molecular flexibility index (Phi) is 3.69. The zero-order chi connectivity index (χ0) is 14.3. The van der Waals surface area contributed by atoms with Gasteiger partial charge < -0.3 is 11.1 Å². The lowest BCUT2D eigenvalue weighted by Crippen LogP contribution is -2.42. The van der Waals surface area contributed by atoms with E-state index in [9.17, 15) is 0 Å². The molecule has 0 radical (unpaired) electrons. The molecule has 0 saturated carbocycles. The predicted octanol–water partition coefficient (Wildman–Crippen LogP) is 1.40. The Hall–Kier alpha value is -1.14. The first-order valence-electron chi connectivity index (χ1n) is 7.42. The van der Waals surface area contributed by atoms with Crippen LogP contribution < -0.4 is 11.1 Å². The molecule has 5 nitrogen and oxygen atoms in total. The van der Waals surface area contributed by atoms with Gasteiger partial charge >= 0.3 is 0 Å². The number of hydrogen-bond donors (Lipinski definition) is 2. The van der Waals surface area contributed by atoms with E-state index in [-0.39, 0.29) is 0 Å². The van der Waals surface area contributed by atoms with E-state index in [1.807, 2.05) is 18.7 Å². The van der Waals surface area contributed by atoms with Gasteiger partial charge in [0, 0.05) is 25.7 Å². The van der Waals surface area contributed by atoms with E-state index < -0.39 is 0 Å². The van der Waals surface area contributed by atoms with E-state index in [1.165, 1.54) is 38.8 Å². The lowest BCUT2D eigenvalue weighted by Gasteiger charge is -2.33. The third-order valence-electron chi connectivity index (χ3n) is 4.65. The molecule has 3 N–H and O–H groups in total. The van der Waals surface area contributed by atoms with Gasteiger partial charge in [-0.25, -0.2) is 0 Å². The molecule has 0 amide bonds. The van der Waals surface area contributed by atoms with Crippen molar-refractivity contribution in [2.24, 2.45) is 12.8 Å². The Morgan fingerprint density at radius 1 is 1.35 bits per heavy atom. The quantitative estimate of drug-likeness (QED) is 0.825. The molecule has 2 fully saturated rings. The Morgan fingerprint density at radius 2 is 2.15 bits per heavy atom. The van der Waals surface area contributed by atoms with Gasteiger partial charge in [0.2, 0.25) is 0 Å². The Morgan fingerprint density at radius 3 is 2.90 bits per heavy atom. The van der Waals surface area contributed by atoms with Crippen LogP contribution in [0.25, 0.3) is 0 Å². The van der Waals surface area contributed by atoms with Crippen molar-refractivity contribution in [1.82, 2.24) is 14.7 Å². The fourth-order valence-corrected chi connectivity index (χ4v) is 3.95. The number of anilines is 1. The molecule has 3 rings (SSSR count). The van der Waals surface area contributed by atoms with Crippen molar-refractivity contribution in [3.8, 4) is 0 Å². The first-order valence-corrected chi connectivity index (χ1v) is 7.82. The van der Waals surface area contributed by atoms with Crippen LogP contribution in [0.5, 0.6) is 0 Å². The topological polar surface area (TPSA) is 59.1 Å². The van der Waals surface area contributed by atoms with Crippen LogP contribution in [0.3, 0.4) is 0 Å². The van der Waals surface area contributed by atoms with Gasteiger partial charge in [-0.15, -0.1) is 0 Å². The van der Waals surface area contributed by atoms with E-state index in [4.69, 9.17) is 18.0 Å². The normalized spacial score (nSPS) is 26.5. The van der Waals surface area contributed by atoms with Gasteiger partial charge in [0.15, 0.2) is 0 Å². The Balaban J connectivity index is 1.83. The average Bonchev–Trinajstić information content (AvgIpc) is 2.92. The fourth-order valence-electron chi connectivity index (χ4n) is 3.71. The number of hydrogen-bond acceptors (Lipinski definition) is 4. The summed E-state index contributed by atoms with van der Waals surface area (Å²) in [6.07, 6.45) is 5.15. The number of rotatable bonds is 3. The molecule has 0 spiro atoms. The maximum Gasteiger partial charge on any atom is 0.134 e. The number of piperidine rings is 1. The van der Waals surface area contributed by atoms with Crippen molar-refractivity contribution in [3.63, 3.8) is 0 Å². The third-order valence-corrected chi connectivity index (χ3v) is 4.85. The van der Waals surface area contributed by atoms with Crippen LogP contribution in [0.1, 0.15) is 36.9 Å². The highest BCUT2D eigenvalue weighted by molar-refractivity contribution is 7.80. The summed E-state index contributed by atoms with van der Waals surface area (Å²) in [5.74, 6) is 0.979. The van der Waals surface area contributed by atoms with Crippen molar-refractivity contribution in [1.29, 1.82) is 0 Å². The Labute approximate surface area is 125 Å². The lowest BCUT2D eigenvalue weighted by molar-refractivity contribution is 0.192. The molecule has 0 bridgehead atoms. The molecule has 2 saturated heterocycles. The van der Waals surface area contributed by atoms with Gasteiger partial charge in [-0.3, -0.25) is 9.58 Å². The largest absolute Gasteiger partial charge is 0.389 e. The van der Waals surface area contributed by atoms with Gasteiger partial charge in [-0.1, -0.05) is 18.6 Å². The smallest absolute Gasteiger partial charge is 0.134 e. The monoisotopic (exact) mass is 293 g/mol. The number of thiocarbonyl (C=S) groups is 1.